The summed E-state index contributed by atoms with van der Waals surface area (Å²) in [6.07, 6.45) is 0.949. The summed E-state index contributed by atoms with van der Waals surface area (Å²) in [5.74, 6) is 0. The number of hydrogen-bond donors (Lipinski definition) is 0. The summed E-state index contributed by atoms with van der Waals surface area (Å²) >= 11 is 0. The third kappa shape index (κ3) is 1.33. The van der Waals surface area contributed by atoms with E-state index < -0.39 is 0 Å². The van der Waals surface area contributed by atoms with Crippen LogP contribution in [0.25, 0.3) is 11.0 Å². The zero-order valence-electron chi connectivity index (χ0n) is 8.33. The van der Waals surface area contributed by atoms with E-state index in [2.05, 4.69) is 13.0 Å². The Kier molecular flexibility index (Phi) is 2.12. The molecule has 0 aliphatic carbocycles. The van der Waals surface area contributed by atoms with Gasteiger partial charge in [0.25, 0.3) is 0 Å². The van der Waals surface area contributed by atoms with Gasteiger partial charge in [-0.3, -0.25) is 0 Å². The molecule has 2 nitrogen and oxygen atoms in total. The summed E-state index contributed by atoms with van der Waals surface area (Å²) in [5, 5.41) is 1.05. The predicted octanol–water partition coefficient (Wildman–Crippen LogP) is 2.66. The highest BCUT2D eigenvalue weighted by atomic mass is 16.4. The normalized spacial score (nSPS) is 10.7. The molecule has 1 heterocycles. The molecule has 0 saturated carbocycles. The monoisotopic (exact) mass is 188 g/mol. The summed E-state index contributed by atoms with van der Waals surface area (Å²) in [6, 6.07) is 7.38. The van der Waals surface area contributed by atoms with Crippen molar-refractivity contribution in [1.29, 1.82) is 0 Å². The molecule has 0 radical (unpaired) electrons. The van der Waals surface area contributed by atoms with E-state index in [1.165, 1.54) is 11.6 Å². The van der Waals surface area contributed by atoms with E-state index in [-0.39, 0.29) is 5.63 Å². The molecule has 0 aliphatic heterocycles. The lowest BCUT2D eigenvalue weighted by molar-refractivity contribution is 0.558. The molecule has 1 aromatic carbocycles. The molecule has 0 unspecified atom stereocenters. The Balaban J connectivity index is 2.91. The fraction of sp³-hybridized carbons (Fsp3) is 0.250. The highest BCUT2D eigenvalue weighted by Gasteiger charge is 2.04. The maximum Gasteiger partial charge on any atom is 0.336 e. The first-order valence-corrected chi connectivity index (χ1v) is 4.74. The van der Waals surface area contributed by atoms with Gasteiger partial charge in [-0.1, -0.05) is 19.1 Å². The van der Waals surface area contributed by atoms with Gasteiger partial charge in [-0.25, -0.2) is 4.79 Å². The smallest absolute Gasteiger partial charge is 0.336 e. The van der Waals surface area contributed by atoms with E-state index in [0.29, 0.717) is 0 Å². The molecule has 72 valence electrons. The quantitative estimate of drug-likeness (QED) is 0.644. The van der Waals surface area contributed by atoms with E-state index in [1.807, 2.05) is 19.1 Å². The molecule has 14 heavy (non-hydrogen) atoms. The van der Waals surface area contributed by atoms with Crippen molar-refractivity contribution in [1.82, 2.24) is 0 Å². The standard InChI is InChI=1S/C12H12O2/c1-3-9-5-4-8(2)12-10(9)6-7-11(13)14-12/h4-7H,3H2,1-2H3. The SMILES string of the molecule is CCc1ccc(C)c2oc(=O)ccc12. The Hall–Kier alpha value is -1.57. The van der Waals surface area contributed by atoms with Gasteiger partial charge in [-0.15, -0.1) is 0 Å². The minimum atomic E-state index is -0.283. The molecular formula is C12H12O2. The van der Waals surface area contributed by atoms with Crippen molar-refractivity contribution in [2.24, 2.45) is 0 Å². The van der Waals surface area contributed by atoms with Crippen LogP contribution in [0.2, 0.25) is 0 Å². The van der Waals surface area contributed by atoms with Gasteiger partial charge >= 0.3 is 5.63 Å². The number of rotatable bonds is 1. The minimum Gasteiger partial charge on any atom is -0.422 e. The Morgan fingerprint density at radius 1 is 1.21 bits per heavy atom. The lowest BCUT2D eigenvalue weighted by Crippen LogP contribution is -1.97. The Bertz CT molecular complexity index is 523. The topological polar surface area (TPSA) is 30.2 Å². The van der Waals surface area contributed by atoms with E-state index in [1.54, 1.807) is 0 Å². The highest BCUT2D eigenvalue weighted by Crippen LogP contribution is 2.21. The van der Waals surface area contributed by atoms with Crippen molar-refractivity contribution in [3.63, 3.8) is 0 Å². The fourth-order valence-corrected chi connectivity index (χ4v) is 1.66. The highest BCUT2D eigenvalue weighted by molar-refractivity contribution is 5.83. The lowest BCUT2D eigenvalue weighted by atomic mass is 10.0. The molecule has 1 aromatic heterocycles. The van der Waals surface area contributed by atoms with Gasteiger partial charge in [0.15, 0.2) is 0 Å². The molecule has 0 bridgehead atoms. The van der Waals surface area contributed by atoms with E-state index >= 15 is 0 Å². The second-order valence-electron chi connectivity index (χ2n) is 3.39. The van der Waals surface area contributed by atoms with Crippen LogP contribution in [0.5, 0.6) is 0 Å². The van der Waals surface area contributed by atoms with Gasteiger partial charge in [0.2, 0.25) is 0 Å². The lowest BCUT2D eigenvalue weighted by Gasteiger charge is -2.04. The second kappa shape index (κ2) is 3.29. The molecule has 2 rings (SSSR count). The van der Waals surface area contributed by atoms with Crippen molar-refractivity contribution in [2.75, 3.05) is 0 Å². The number of aryl methyl sites for hydroxylation is 2. The number of hydrogen-bond acceptors (Lipinski definition) is 2. The van der Waals surface area contributed by atoms with E-state index in [9.17, 15) is 4.79 Å². The molecule has 0 N–H and O–H groups in total. The van der Waals surface area contributed by atoms with E-state index in [4.69, 9.17) is 4.42 Å². The zero-order chi connectivity index (χ0) is 10.1. The molecule has 0 saturated heterocycles. The van der Waals surface area contributed by atoms with Crippen LogP contribution in [0.3, 0.4) is 0 Å². The zero-order valence-corrected chi connectivity index (χ0v) is 8.33. The first-order chi connectivity index (χ1) is 6.72. The van der Waals surface area contributed by atoms with Gasteiger partial charge in [0, 0.05) is 11.5 Å². The largest absolute Gasteiger partial charge is 0.422 e. The fourth-order valence-electron chi connectivity index (χ4n) is 1.66. The van der Waals surface area contributed by atoms with Crippen molar-refractivity contribution < 1.29 is 4.42 Å². The van der Waals surface area contributed by atoms with Crippen LogP contribution >= 0.6 is 0 Å². The van der Waals surface area contributed by atoms with Crippen molar-refractivity contribution in [3.05, 3.63) is 45.8 Å². The molecular weight excluding hydrogens is 176 g/mol. The van der Waals surface area contributed by atoms with Crippen molar-refractivity contribution in [3.8, 4) is 0 Å². The van der Waals surface area contributed by atoms with Crippen LogP contribution in [-0.4, -0.2) is 0 Å². The number of fused-ring (bicyclic) bond motifs is 1. The maximum atomic E-state index is 11.1. The molecule has 0 atom stereocenters. The van der Waals surface area contributed by atoms with Crippen LogP contribution in [0.1, 0.15) is 18.1 Å². The number of benzene rings is 1. The maximum absolute atomic E-state index is 11.1. The first kappa shape index (κ1) is 9.00. The summed E-state index contributed by atoms with van der Waals surface area (Å²) < 4.78 is 5.18. The van der Waals surface area contributed by atoms with Crippen LogP contribution < -0.4 is 5.63 Å². The average molecular weight is 188 g/mol. The Morgan fingerprint density at radius 3 is 2.71 bits per heavy atom. The van der Waals surface area contributed by atoms with Gasteiger partial charge in [0.05, 0.1) is 0 Å². The molecule has 2 heteroatoms. The molecule has 2 aromatic rings. The average Bonchev–Trinajstić information content (AvgIpc) is 2.19. The van der Waals surface area contributed by atoms with Crippen LogP contribution in [0.4, 0.5) is 0 Å². The Morgan fingerprint density at radius 2 is 2.00 bits per heavy atom. The van der Waals surface area contributed by atoms with Gasteiger partial charge in [0.1, 0.15) is 5.58 Å². The third-order valence-electron chi connectivity index (χ3n) is 2.45. The van der Waals surface area contributed by atoms with E-state index in [0.717, 1.165) is 23.0 Å². The van der Waals surface area contributed by atoms with Crippen LogP contribution in [0.15, 0.2) is 33.5 Å². The third-order valence-corrected chi connectivity index (χ3v) is 2.45. The van der Waals surface area contributed by atoms with Gasteiger partial charge in [-0.05, 0) is 30.5 Å². The van der Waals surface area contributed by atoms with Gasteiger partial charge < -0.3 is 4.42 Å². The van der Waals surface area contributed by atoms with Gasteiger partial charge in [-0.2, -0.15) is 0 Å². The summed E-state index contributed by atoms with van der Waals surface area (Å²) in [7, 11) is 0. The molecule has 0 spiro atoms. The summed E-state index contributed by atoms with van der Waals surface area (Å²) in [5.41, 5.74) is 2.66. The summed E-state index contributed by atoms with van der Waals surface area (Å²) in [4.78, 5) is 11.1. The molecule has 0 fully saturated rings. The molecule has 0 amide bonds. The minimum absolute atomic E-state index is 0.283. The molecule has 0 aliphatic rings. The summed E-state index contributed by atoms with van der Waals surface area (Å²) in [6.45, 7) is 4.04. The predicted molar refractivity (Wildman–Crippen MR) is 56.6 cm³/mol. The second-order valence-corrected chi connectivity index (χ2v) is 3.39. The van der Waals surface area contributed by atoms with Crippen LogP contribution in [-0.2, 0) is 6.42 Å². The van der Waals surface area contributed by atoms with Crippen molar-refractivity contribution in [2.45, 2.75) is 20.3 Å². The van der Waals surface area contributed by atoms with Crippen molar-refractivity contribution >= 4 is 11.0 Å². The first-order valence-electron chi connectivity index (χ1n) is 4.74. The Labute approximate surface area is 82.2 Å². The van der Waals surface area contributed by atoms with Crippen LogP contribution in [0, 0.1) is 6.92 Å².